The molecule has 3 rings (SSSR count). The third-order valence-corrected chi connectivity index (χ3v) is 5.09. The number of hydrogen-bond acceptors (Lipinski definition) is 2. The summed E-state index contributed by atoms with van der Waals surface area (Å²) in [6, 6.07) is 8.38. The van der Waals surface area contributed by atoms with E-state index in [0.717, 1.165) is 17.3 Å². The molecule has 2 aliphatic rings. The van der Waals surface area contributed by atoms with Crippen LogP contribution in [-0.2, 0) is 4.74 Å². The molecule has 2 nitrogen and oxygen atoms in total. The normalized spacial score (nSPS) is 33.9. The van der Waals surface area contributed by atoms with Crippen molar-refractivity contribution < 1.29 is 9.84 Å². The fourth-order valence-corrected chi connectivity index (χ4v) is 3.51. The largest absolute Gasteiger partial charge is 0.396 e. The van der Waals surface area contributed by atoms with E-state index in [2.05, 4.69) is 53.2 Å². The quantitative estimate of drug-likeness (QED) is 0.838. The number of halogens is 1. The Morgan fingerprint density at radius 1 is 1.37 bits per heavy atom. The maximum absolute atomic E-state index is 9.66. The summed E-state index contributed by atoms with van der Waals surface area (Å²) < 4.78 is 7.21. The van der Waals surface area contributed by atoms with Crippen molar-refractivity contribution in [2.45, 2.75) is 25.9 Å². The Hall–Kier alpha value is -0.640. The lowest BCUT2D eigenvalue weighted by Crippen LogP contribution is -2.43. The lowest BCUT2D eigenvalue weighted by molar-refractivity contribution is -0.113. The number of fused-ring (bicyclic) bond motifs is 2. The van der Waals surface area contributed by atoms with Crippen molar-refractivity contribution in [3.63, 3.8) is 0 Å². The maximum Gasteiger partial charge on any atom is 0.0890 e. The Balaban J connectivity index is 1.91. The van der Waals surface area contributed by atoms with E-state index in [0.29, 0.717) is 12.5 Å². The van der Waals surface area contributed by atoms with Crippen LogP contribution in [0.1, 0.15) is 31.4 Å². The molecule has 0 aromatic heterocycles. The lowest BCUT2D eigenvalue weighted by atomic mass is 9.67. The van der Waals surface area contributed by atoms with Crippen LogP contribution in [0, 0.1) is 11.3 Å². The highest BCUT2D eigenvalue weighted by molar-refractivity contribution is 9.10. The van der Waals surface area contributed by atoms with Gasteiger partial charge in [0.15, 0.2) is 0 Å². The van der Waals surface area contributed by atoms with Crippen molar-refractivity contribution in [3.8, 4) is 0 Å². The molecule has 19 heavy (non-hydrogen) atoms. The molecule has 3 heteroatoms. The molecule has 0 unspecified atom stereocenters. The lowest BCUT2D eigenvalue weighted by Gasteiger charge is -2.47. The second kappa shape index (κ2) is 5.04. The molecule has 1 heterocycles. The van der Waals surface area contributed by atoms with Crippen molar-refractivity contribution in [1.29, 1.82) is 0 Å². The minimum absolute atomic E-state index is 0.0456. The first-order chi connectivity index (χ1) is 9.13. The van der Waals surface area contributed by atoms with Crippen molar-refractivity contribution in [2.75, 3.05) is 13.2 Å². The number of aliphatic hydroxyl groups excluding tert-OH is 1. The minimum Gasteiger partial charge on any atom is -0.396 e. The number of allylic oxidation sites excluding steroid dienone is 1. The molecule has 1 N–H and O–H groups in total. The molecule has 102 valence electrons. The number of hydrogen-bond donors (Lipinski definition) is 1. The van der Waals surface area contributed by atoms with Gasteiger partial charge in [-0.3, -0.25) is 0 Å². The van der Waals surface area contributed by atoms with Gasteiger partial charge < -0.3 is 9.84 Å². The van der Waals surface area contributed by atoms with Gasteiger partial charge >= 0.3 is 0 Å². The average molecular weight is 323 g/mol. The SMILES string of the molecule is CC1=CC[C@@]2(CO)CO[C@H](c3ccc(Br)cc3)[C@@H]1C2. The fourth-order valence-electron chi connectivity index (χ4n) is 3.24. The van der Waals surface area contributed by atoms with Crippen LogP contribution in [0.15, 0.2) is 40.4 Å². The van der Waals surface area contributed by atoms with E-state index in [1.54, 1.807) is 0 Å². The van der Waals surface area contributed by atoms with Gasteiger partial charge in [0, 0.05) is 15.8 Å². The smallest absolute Gasteiger partial charge is 0.0890 e. The summed E-state index contributed by atoms with van der Waals surface area (Å²) in [5.41, 5.74) is 2.59. The van der Waals surface area contributed by atoms with Crippen LogP contribution < -0.4 is 0 Å². The van der Waals surface area contributed by atoms with Crippen LogP contribution in [-0.4, -0.2) is 18.3 Å². The summed E-state index contributed by atoms with van der Waals surface area (Å²) in [6.07, 6.45) is 4.40. The number of aliphatic hydroxyl groups is 1. The van der Waals surface area contributed by atoms with Gasteiger partial charge in [0.2, 0.25) is 0 Å². The van der Waals surface area contributed by atoms with Gasteiger partial charge in [0.1, 0.15) is 0 Å². The highest BCUT2D eigenvalue weighted by atomic mass is 79.9. The second-order valence-electron chi connectivity index (χ2n) is 5.90. The summed E-state index contributed by atoms with van der Waals surface area (Å²) in [4.78, 5) is 0. The summed E-state index contributed by atoms with van der Waals surface area (Å²) in [5.74, 6) is 0.399. The van der Waals surface area contributed by atoms with Crippen LogP contribution in [0.25, 0.3) is 0 Å². The second-order valence-corrected chi connectivity index (χ2v) is 6.82. The van der Waals surface area contributed by atoms with Gasteiger partial charge in [-0.1, -0.05) is 39.7 Å². The summed E-state index contributed by atoms with van der Waals surface area (Å²) in [6.45, 7) is 3.07. The highest BCUT2D eigenvalue weighted by Crippen LogP contribution is 2.50. The zero-order valence-electron chi connectivity index (χ0n) is 11.1. The summed E-state index contributed by atoms with van der Waals surface area (Å²) in [7, 11) is 0. The Morgan fingerprint density at radius 2 is 2.11 bits per heavy atom. The van der Waals surface area contributed by atoms with Crippen LogP contribution in [0.4, 0.5) is 0 Å². The molecule has 1 aliphatic heterocycles. The van der Waals surface area contributed by atoms with Crippen molar-refractivity contribution >= 4 is 15.9 Å². The number of benzene rings is 1. The van der Waals surface area contributed by atoms with Gasteiger partial charge in [-0.15, -0.1) is 0 Å². The van der Waals surface area contributed by atoms with E-state index >= 15 is 0 Å². The van der Waals surface area contributed by atoms with E-state index in [-0.39, 0.29) is 18.1 Å². The van der Waals surface area contributed by atoms with E-state index < -0.39 is 0 Å². The molecule has 0 radical (unpaired) electrons. The summed E-state index contributed by atoms with van der Waals surface area (Å²) in [5, 5.41) is 9.66. The molecule has 0 amide bonds. The zero-order valence-corrected chi connectivity index (χ0v) is 12.7. The van der Waals surface area contributed by atoms with Crippen LogP contribution in [0.2, 0.25) is 0 Å². The van der Waals surface area contributed by atoms with Gasteiger partial charge in [0.05, 0.1) is 19.3 Å². The van der Waals surface area contributed by atoms with Gasteiger partial charge in [-0.25, -0.2) is 0 Å². The third-order valence-electron chi connectivity index (χ3n) is 4.56. The van der Waals surface area contributed by atoms with E-state index in [1.165, 1.54) is 11.1 Å². The zero-order chi connectivity index (χ0) is 13.5. The van der Waals surface area contributed by atoms with Gasteiger partial charge in [-0.2, -0.15) is 0 Å². The molecule has 3 atom stereocenters. The Kier molecular flexibility index (Phi) is 3.54. The fraction of sp³-hybridized carbons (Fsp3) is 0.500. The molecular formula is C16H19BrO2. The topological polar surface area (TPSA) is 29.5 Å². The van der Waals surface area contributed by atoms with E-state index in [9.17, 15) is 5.11 Å². The first-order valence-corrected chi connectivity index (χ1v) is 7.57. The molecule has 0 saturated carbocycles. The van der Waals surface area contributed by atoms with E-state index in [4.69, 9.17) is 4.74 Å². The predicted molar refractivity (Wildman–Crippen MR) is 78.8 cm³/mol. The first kappa shape index (κ1) is 13.3. The van der Waals surface area contributed by atoms with E-state index in [1.807, 2.05) is 0 Å². The first-order valence-electron chi connectivity index (χ1n) is 6.78. The highest BCUT2D eigenvalue weighted by Gasteiger charge is 2.44. The summed E-state index contributed by atoms with van der Waals surface area (Å²) >= 11 is 3.47. The van der Waals surface area contributed by atoms with Crippen LogP contribution >= 0.6 is 15.9 Å². The Bertz CT molecular complexity index is 494. The third kappa shape index (κ3) is 2.39. The minimum atomic E-state index is -0.0456. The number of ether oxygens (including phenoxy) is 1. The molecule has 1 aliphatic carbocycles. The van der Waals surface area contributed by atoms with Crippen molar-refractivity contribution in [1.82, 2.24) is 0 Å². The molecule has 1 aromatic rings. The standard InChI is InChI=1S/C16H19BrO2/c1-11-6-7-16(9-18)8-14(11)15(19-10-16)12-2-4-13(17)5-3-12/h2-6,14-15,18H,7-10H2,1H3/t14-,15-,16-/m1/s1. The molecule has 1 fully saturated rings. The van der Waals surface area contributed by atoms with Crippen LogP contribution in [0.5, 0.6) is 0 Å². The molecule has 1 aromatic carbocycles. The molecule has 1 saturated heterocycles. The molecular weight excluding hydrogens is 304 g/mol. The average Bonchev–Trinajstić information content (AvgIpc) is 2.45. The molecule has 2 bridgehead atoms. The predicted octanol–water partition coefficient (Wildman–Crippen LogP) is 3.86. The van der Waals surface area contributed by atoms with Crippen molar-refractivity contribution in [2.24, 2.45) is 11.3 Å². The number of rotatable bonds is 2. The Morgan fingerprint density at radius 3 is 2.79 bits per heavy atom. The van der Waals surface area contributed by atoms with Crippen molar-refractivity contribution in [3.05, 3.63) is 46.0 Å². The van der Waals surface area contributed by atoms with Gasteiger partial charge in [0.25, 0.3) is 0 Å². The van der Waals surface area contributed by atoms with Gasteiger partial charge in [-0.05, 0) is 37.5 Å². The molecule has 0 spiro atoms. The van der Waals surface area contributed by atoms with Crippen LogP contribution in [0.3, 0.4) is 0 Å². The maximum atomic E-state index is 9.66. The monoisotopic (exact) mass is 322 g/mol. The Labute approximate surface area is 122 Å².